The first kappa shape index (κ1) is 16.7. The molecule has 0 bridgehead atoms. The summed E-state index contributed by atoms with van der Waals surface area (Å²) >= 11 is 0. The third-order valence-corrected chi connectivity index (χ3v) is 4.38. The number of aromatic nitrogens is 2. The second-order valence-corrected chi connectivity index (χ2v) is 5.73. The smallest absolute Gasteiger partial charge is 0.331 e. The number of carbonyl (C=O) groups excluding carboxylic acids is 2. The predicted octanol–water partition coefficient (Wildman–Crippen LogP) is 0.599. The van der Waals surface area contributed by atoms with Crippen molar-refractivity contribution in [2.75, 3.05) is 25.6 Å². The van der Waals surface area contributed by atoms with Gasteiger partial charge in [-0.05, 0) is 18.6 Å². The molecule has 3 rings (SSSR count). The van der Waals surface area contributed by atoms with Gasteiger partial charge in [-0.2, -0.15) is 5.26 Å². The maximum absolute atomic E-state index is 12.9. The number of carbonyl (C=O) groups is 2. The minimum absolute atomic E-state index is 0.243. The molecular weight excluding hydrogens is 326 g/mol. The number of aliphatic hydroxyl groups excluding tert-OH is 1. The van der Waals surface area contributed by atoms with E-state index in [4.69, 9.17) is 10.00 Å². The van der Waals surface area contributed by atoms with Crippen LogP contribution in [0.2, 0.25) is 0 Å². The number of urea groups is 1. The molecule has 9 heteroatoms. The summed E-state index contributed by atoms with van der Waals surface area (Å²) in [5, 5.41) is 19.1. The zero-order valence-electron chi connectivity index (χ0n) is 13.8. The topological polar surface area (TPSA) is 123 Å². The summed E-state index contributed by atoms with van der Waals surface area (Å²) in [5.74, 6) is -0.654. The van der Waals surface area contributed by atoms with E-state index in [1.54, 1.807) is 19.2 Å². The largest absolute Gasteiger partial charge is 0.467 e. The molecule has 2 heterocycles. The van der Waals surface area contributed by atoms with E-state index in [1.807, 2.05) is 0 Å². The molecule has 1 aromatic carbocycles. The number of rotatable bonds is 2. The Morgan fingerprint density at radius 3 is 2.96 bits per heavy atom. The molecule has 25 heavy (non-hydrogen) atoms. The summed E-state index contributed by atoms with van der Waals surface area (Å²) < 4.78 is 4.69. The maximum atomic E-state index is 12.9. The van der Waals surface area contributed by atoms with E-state index in [1.165, 1.54) is 23.2 Å². The molecule has 1 aliphatic heterocycles. The van der Waals surface area contributed by atoms with Gasteiger partial charge in [0.25, 0.3) is 0 Å². The predicted molar refractivity (Wildman–Crippen MR) is 87.7 cm³/mol. The second-order valence-electron chi connectivity index (χ2n) is 5.73. The van der Waals surface area contributed by atoms with Crippen LogP contribution in [0.1, 0.15) is 12.0 Å². The monoisotopic (exact) mass is 343 g/mol. The summed E-state index contributed by atoms with van der Waals surface area (Å²) in [6.45, 7) is 0.243. The molecule has 0 unspecified atom stereocenters. The van der Waals surface area contributed by atoms with Crippen LogP contribution in [-0.2, 0) is 9.53 Å². The number of nitrogens with one attached hydrogen (secondary N) is 1. The SMILES string of the molecule is COC(=O)[C@@H]1[C@H](O)CCN1C(=O)N(C)c1ccc(C#N)c2nc[nH]c12. The number of amides is 2. The number of fused-ring (bicyclic) bond motifs is 1. The number of nitrogens with zero attached hydrogens (tertiary/aromatic N) is 4. The molecule has 1 fully saturated rings. The summed E-state index contributed by atoms with van der Waals surface area (Å²) in [7, 11) is 2.78. The molecule has 130 valence electrons. The molecule has 2 atom stereocenters. The van der Waals surface area contributed by atoms with Crippen LogP contribution in [0.5, 0.6) is 0 Å². The first-order chi connectivity index (χ1) is 12.0. The van der Waals surface area contributed by atoms with Gasteiger partial charge in [0.1, 0.15) is 11.6 Å². The number of nitriles is 1. The van der Waals surface area contributed by atoms with E-state index in [2.05, 4.69) is 16.0 Å². The molecule has 0 spiro atoms. The minimum atomic E-state index is -1.03. The number of esters is 1. The summed E-state index contributed by atoms with van der Waals surface area (Å²) in [6.07, 6.45) is 0.786. The fraction of sp³-hybridized carbons (Fsp3) is 0.375. The number of H-pyrrole nitrogens is 1. The van der Waals surface area contributed by atoms with Crippen LogP contribution >= 0.6 is 0 Å². The number of benzene rings is 1. The van der Waals surface area contributed by atoms with Crippen molar-refractivity contribution in [1.82, 2.24) is 14.9 Å². The Balaban J connectivity index is 1.95. The number of hydrogen-bond acceptors (Lipinski definition) is 6. The Kier molecular flexibility index (Phi) is 4.29. The van der Waals surface area contributed by atoms with Gasteiger partial charge in [-0.15, -0.1) is 0 Å². The zero-order valence-corrected chi connectivity index (χ0v) is 13.8. The van der Waals surface area contributed by atoms with Gasteiger partial charge in [0.15, 0.2) is 6.04 Å². The van der Waals surface area contributed by atoms with Crippen molar-refractivity contribution in [1.29, 1.82) is 5.26 Å². The van der Waals surface area contributed by atoms with Gasteiger partial charge in [-0.3, -0.25) is 4.90 Å². The third kappa shape index (κ3) is 2.66. The molecular formula is C16H17N5O4. The van der Waals surface area contributed by atoms with E-state index < -0.39 is 24.1 Å². The van der Waals surface area contributed by atoms with Crippen molar-refractivity contribution in [3.63, 3.8) is 0 Å². The molecule has 1 aliphatic rings. The highest BCUT2D eigenvalue weighted by molar-refractivity contribution is 6.02. The van der Waals surface area contributed by atoms with Crippen molar-refractivity contribution in [2.45, 2.75) is 18.6 Å². The fourth-order valence-electron chi connectivity index (χ4n) is 3.08. The second kappa shape index (κ2) is 6.41. The van der Waals surface area contributed by atoms with Gasteiger partial charge in [-0.1, -0.05) is 0 Å². The van der Waals surface area contributed by atoms with Gasteiger partial charge in [0, 0.05) is 13.6 Å². The normalized spacial score (nSPS) is 19.7. The van der Waals surface area contributed by atoms with Crippen molar-refractivity contribution < 1.29 is 19.4 Å². The first-order valence-electron chi connectivity index (χ1n) is 7.66. The maximum Gasteiger partial charge on any atom is 0.331 e. The number of likely N-dealkylation sites (tertiary alicyclic amines) is 1. The number of anilines is 1. The van der Waals surface area contributed by atoms with E-state index in [9.17, 15) is 14.7 Å². The van der Waals surface area contributed by atoms with E-state index in [0.717, 1.165) is 0 Å². The van der Waals surface area contributed by atoms with E-state index in [-0.39, 0.29) is 6.54 Å². The van der Waals surface area contributed by atoms with Crippen molar-refractivity contribution >= 4 is 28.7 Å². The molecule has 2 aromatic rings. The van der Waals surface area contributed by atoms with Gasteiger partial charge < -0.3 is 19.7 Å². The third-order valence-electron chi connectivity index (χ3n) is 4.38. The number of ether oxygens (including phenoxy) is 1. The van der Waals surface area contributed by atoms with Crippen LogP contribution in [0.3, 0.4) is 0 Å². The quantitative estimate of drug-likeness (QED) is 0.770. The Labute approximate surface area is 143 Å². The Bertz CT molecular complexity index is 871. The van der Waals surface area contributed by atoms with Crippen molar-refractivity contribution in [3.05, 3.63) is 24.0 Å². The Hall–Kier alpha value is -3.12. The average molecular weight is 343 g/mol. The molecule has 1 aromatic heterocycles. The van der Waals surface area contributed by atoms with Gasteiger partial charge >= 0.3 is 12.0 Å². The van der Waals surface area contributed by atoms with Crippen LogP contribution in [0.25, 0.3) is 11.0 Å². The summed E-state index contributed by atoms with van der Waals surface area (Å²) in [4.78, 5) is 34.5. The summed E-state index contributed by atoms with van der Waals surface area (Å²) in [5.41, 5.74) is 1.92. The Morgan fingerprint density at radius 2 is 2.28 bits per heavy atom. The minimum Gasteiger partial charge on any atom is -0.467 e. The lowest BCUT2D eigenvalue weighted by Crippen LogP contribution is -2.50. The fourth-order valence-corrected chi connectivity index (χ4v) is 3.08. The van der Waals surface area contributed by atoms with Gasteiger partial charge in [-0.25, -0.2) is 14.6 Å². The first-order valence-corrected chi connectivity index (χ1v) is 7.66. The Morgan fingerprint density at radius 1 is 1.52 bits per heavy atom. The van der Waals surface area contributed by atoms with E-state index >= 15 is 0 Å². The van der Waals surface area contributed by atoms with Crippen LogP contribution < -0.4 is 4.90 Å². The number of aliphatic hydroxyl groups is 1. The molecule has 0 saturated carbocycles. The lowest BCUT2D eigenvalue weighted by atomic mass is 10.1. The van der Waals surface area contributed by atoms with Crippen LogP contribution in [-0.4, -0.2) is 64.8 Å². The molecule has 2 amide bonds. The highest BCUT2D eigenvalue weighted by atomic mass is 16.5. The summed E-state index contributed by atoms with van der Waals surface area (Å²) in [6, 6.07) is 3.79. The molecule has 2 N–H and O–H groups in total. The van der Waals surface area contributed by atoms with Crippen LogP contribution in [0, 0.1) is 11.3 Å². The molecule has 0 radical (unpaired) electrons. The standard InChI is InChI=1S/C16H17N5O4/c1-20(10-4-3-9(7-17)12-13(10)19-8-18-12)16(24)21-6-5-11(22)14(21)15(23)25-2/h3-4,8,11,14,22H,5-6H2,1-2H3,(H,18,19)/t11-,14+/m1/s1. The van der Waals surface area contributed by atoms with Gasteiger partial charge in [0.05, 0.1) is 36.3 Å². The number of aromatic amines is 1. The highest BCUT2D eigenvalue weighted by Crippen LogP contribution is 2.28. The number of imidazole rings is 1. The number of methoxy groups -OCH3 is 1. The average Bonchev–Trinajstić information content (AvgIpc) is 3.25. The lowest BCUT2D eigenvalue weighted by Gasteiger charge is -2.29. The van der Waals surface area contributed by atoms with E-state index in [0.29, 0.717) is 28.7 Å². The molecule has 1 saturated heterocycles. The van der Waals surface area contributed by atoms with Crippen LogP contribution in [0.15, 0.2) is 18.5 Å². The zero-order chi connectivity index (χ0) is 18.1. The highest BCUT2D eigenvalue weighted by Gasteiger charge is 2.43. The van der Waals surface area contributed by atoms with Gasteiger partial charge in [0.2, 0.25) is 0 Å². The lowest BCUT2D eigenvalue weighted by molar-refractivity contribution is -0.147. The molecule has 0 aliphatic carbocycles. The van der Waals surface area contributed by atoms with Crippen molar-refractivity contribution in [2.24, 2.45) is 0 Å². The van der Waals surface area contributed by atoms with Crippen molar-refractivity contribution in [3.8, 4) is 6.07 Å². The number of hydrogen-bond donors (Lipinski definition) is 2. The van der Waals surface area contributed by atoms with Crippen LogP contribution in [0.4, 0.5) is 10.5 Å². The molecule has 9 nitrogen and oxygen atoms in total.